The Bertz CT molecular complexity index is 416. The molecule has 0 aliphatic carbocycles. The number of alkyl halides is 3. The fourth-order valence-electron chi connectivity index (χ4n) is 1.76. The number of halogens is 3. The minimum Gasteiger partial charge on any atom is -0.493 e. The van der Waals surface area contributed by atoms with Crippen LogP contribution in [0.3, 0.4) is 0 Å². The van der Waals surface area contributed by atoms with Crippen LogP contribution in [0.15, 0.2) is 18.2 Å². The predicted molar refractivity (Wildman–Crippen MR) is 73.9 cm³/mol. The van der Waals surface area contributed by atoms with E-state index < -0.39 is 12.6 Å². The van der Waals surface area contributed by atoms with E-state index in [1.54, 1.807) is 0 Å². The zero-order valence-corrected chi connectivity index (χ0v) is 12.2. The summed E-state index contributed by atoms with van der Waals surface area (Å²) in [5.74, 6) is 0.658. The van der Waals surface area contributed by atoms with Crippen LogP contribution < -0.4 is 10.1 Å². The van der Waals surface area contributed by atoms with Crippen molar-refractivity contribution >= 4 is 0 Å². The van der Waals surface area contributed by atoms with Crippen molar-refractivity contribution < 1.29 is 17.9 Å². The molecule has 0 aliphatic heterocycles. The zero-order valence-electron chi connectivity index (χ0n) is 12.2. The van der Waals surface area contributed by atoms with Gasteiger partial charge < -0.3 is 10.1 Å². The smallest absolute Gasteiger partial charge is 0.389 e. The van der Waals surface area contributed by atoms with E-state index in [0.717, 1.165) is 11.1 Å². The molecule has 114 valence electrons. The number of benzene rings is 1. The third-order valence-electron chi connectivity index (χ3n) is 2.78. The van der Waals surface area contributed by atoms with E-state index >= 15 is 0 Å². The van der Waals surface area contributed by atoms with Crippen molar-refractivity contribution in [3.05, 3.63) is 29.3 Å². The normalized spacial score (nSPS) is 11.9. The molecular formula is C15H22F3NO. The van der Waals surface area contributed by atoms with Gasteiger partial charge in [0, 0.05) is 24.6 Å². The highest BCUT2D eigenvalue weighted by atomic mass is 19.4. The highest BCUT2D eigenvalue weighted by Crippen LogP contribution is 2.23. The lowest BCUT2D eigenvalue weighted by atomic mass is 10.1. The van der Waals surface area contributed by atoms with Crippen LogP contribution in [-0.4, -0.2) is 18.8 Å². The Labute approximate surface area is 118 Å². The zero-order chi connectivity index (χ0) is 15.2. The standard InChI is InChI=1S/C15H22F3NO/c1-11(2)19-10-13-9-12(3)5-6-14(13)20-8-4-7-15(16,17)18/h5-6,9,11,19H,4,7-8,10H2,1-3H3. The topological polar surface area (TPSA) is 21.3 Å². The maximum atomic E-state index is 12.1. The van der Waals surface area contributed by atoms with Gasteiger partial charge in [0.05, 0.1) is 6.61 Å². The Kier molecular flexibility index (Phi) is 6.33. The van der Waals surface area contributed by atoms with Gasteiger partial charge in [-0.1, -0.05) is 31.5 Å². The molecule has 20 heavy (non-hydrogen) atoms. The second-order valence-corrected chi connectivity index (χ2v) is 5.21. The van der Waals surface area contributed by atoms with Crippen LogP contribution in [0.25, 0.3) is 0 Å². The third kappa shape index (κ3) is 6.80. The van der Waals surface area contributed by atoms with Crippen molar-refractivity contribution in [3.63, 3.8) is 0 Å². The number of hydrogen-bond donors (Lipinski definition) is 1. The largest absolute Gasteiger partial charge is 0.493 e. The quantitative estimate of drug-likeness (QED) is 0.759. The Balaban J connectivity index is 2.55. The SMILES string of the molecule is Cc1ccc(OCCCC(F)(F)F)c(CNC(C)C)c1. The molecule has 0 unspecified atom stereocenters. The van der Waals surface area contributed by atoms with Gasteiger partial charge in [0.2, 0.25) is 0 Å². The summed E-state index contributed by atoms with van der Waals surface area (Å²) in [6, 6.07) is 6.06. The molecule has 1 rings (SSSR count). The number of aryl methyl sites for hydroxylation is 1. The monoisotopic (exact) mass is 289 g/mol. The Morgan fingerprint density at radius 3 is 2.55 bits per heavy atom. The molecule has 0 heterocycles. The molecule has 5 heteroatoms. The van der Waals surface area contributed by atoms with Gasteiger partial charge >= 0.3 is 6.18 Å². The Morgan fingerprint density at radius 2 is 1.95 bits per heavy atom. The lowest BCUT2D eigenvalue weighted by Gasteiger charge is -2.15. The minimum absolute atomic E-state index is 0.0194. The van der Waals surface area contributed by atoms with E-state index in [2.05, 4.69) is 5.32 Å². The summed E-state index contributed by atoms with van der Waals surface area (Å²) in [6.07, 6.45) is -4.94. The van der Waals surface area contributed by atoms with Crippen molar-refractivity contribution in [3.8, 4) is 5.75 Å². The summed E-state index contributed by atoms with van der Waals surface area (Å²) in [5, 5.41) is 3.28. The summed E-state index contributed by atoms with van der Waals surface area (Å²) >= 11 is 0. The predicted octanol–water partition coefficient (Wildman–Crippen LogP) is 4.21. The highest BCUT2D eigenvalue weighted by molar-refractivity contribution is 5.36. The molecule has 0 saturated heterocycles. The van der Waals surface area contributed by atoms with Crippen molar-refractivity contribution in [1.29, 1.82) is 0 Å². The molecule has 0 bridgehead atoms. The third-order valence-corrected chi connectivity index (χ3v) is 2.78. The lowest BCUT2D eigenvalue weighted by Crippen LogP contribution is -2.22. The molecule has 0 spiro atoms. The van der Waals surface area contributed by atoms with Gasteiger partial charge in [-0.2, -0.15) is 13.2 Å². The van der Waals surface area contributed by atoms with E-state index in [9.17, 15) is 13.2 Å². The first-order chi connectivity index (χ1) is 9.28. The van der Waals surface area contributed by atoms with Crippen molar-refractivity contribution in [1.82, 2.24) is 5.32 Å². The second kappa shape index (κ2) is 7.53. The van der Waals surface area contributed by atoms with Gasteiger partial charge in [-0.05, 0) is 19.4 Å². The molecular weight excluding hydrogens is 267 g/mol. The first kappa shape index (κ1) is 16.8. The average Bonchev–Trinajstić information content (AvgIpc) is 2.32. The molecule has 0 saturated carbocycles. The van der Waals surface area contributed by atoms with Crippen LogP contribution in [0.2, 0.25) is 0 Å². The van der Waals surface area contributed by atoms with Crippen LogP contribution in [0.4, 0.5) is 13.2 Å². The van der Waals surface area contributed by atoms with E-state index in [-0.39, 0.29) is 13.0 Å². The number of hydrogen-bond acceptors (Lipinski definition) is 2. The maximum absolute atomic E-state index is 12.1. The second-order valence-electron chi connectivity index (χ2n) is 5.21. The van der Waals surface area contributed by atoms with Gasteiger partial charge in [-0.3, -0.25) is 0 Å². The molecule has 0 aromatic heterocycles. The summed E-state index contributed by atoms with van der Waals surface area (Å²) in [5.41, 5.74) is 2.08. The number of ether oxygens (including phenoxy) is 1. The summed E-state index contributed by atoms with van der Waals surface area (Å²) in [7, 11) is 0. The van der Waals surface area contributed by atoms with Crippen molar-refractivity contribution in [2.24, 2.45) is 0 Å². The number of nitrogens with one attached hydrogen (secondary N) is 1. The van der Waals surface area contributed by atoms with Crippen molar-refractivity contribution in [2.75, 3.05) is 6.61 Å². The van der Waals surface area contributed by atoms with Gasteiger partial charge in [0.15, 0.2) is 0 Å². The lowest BCUT2D eigenvalue weighted by molar-refractivity contribution is -0.136. The van der Waals surface area contributed by atoms with E-state index in [1.165, 1.54) is 0 Å². The molecule has 0 atom stereocenters. The number of rotatable bonds is 7. The molecule has 0 fully saturated rings. The van der Waals surface area contributed by atoms with Crippen LogP contribution >= 0.6 is 0 Å². The molecule has 0 amide bonds. The highest BCUT2D eigenvalue weighted by Gasteiger charge is 2.26. The Hall–Kier alpha value is -1.23. The first-order valence-corrected chi connectivity index (χ1v) is 6.80. The van der Waals surface area contributed by atoms with Crippen LogP contribution in [-0.2, 0) is 6.54 Å². The van der Waals surface area contributed by atoms with Crippen molar-refractivity contribution in [2.45, 2.75) is 52.4 Å². The van der Waals surface area contributed by atoms with E-state index in [4.69, 9.17) is 4.74 Å². The molecule has 1 aromatic rings. The molecule has 1 N–H and O–H groups in total. The van der Waals surface area contributed by atoms with E-state index in [1.807, 2.05) is 39.0 Å². The first-order valence-electron chi connectivity index (χ1n) is 6.80. The van der Waals surface area contributed by atoms with Gasteiger partial charge in [0.25, 0.3) is 0 Å². The van der Waals surface area contributed by atoms with Crippen LogP contribution in [0.5, 0.6) is 5.75 Å². The summed E-state index contributed by atoms with van der Waals surface area (Å²) in [6.45, 7) is 6.79. The van der Waals surface area contributed by atoms with E-state index in [0.29, 0.717) is 18.3 Å². The minimum atomic E-state index is -4.11. The van der Waals surface area contributed by atoms with Gasteiger partial charge in [-0.15, -0.1) is 0 Å². The summed E-state index contributed by atoms with van der Waals surface area (Å²) < 4.78 is 41.7. The fraction of sp³-hybridized carbons (Fsp3) is 0.600. The maximum Gasteiger partial charge on any atom is 0.389 e. The Morgan fingerprint density at radius 1 is 1.25 bits per heavy atom. The van der Waals surface area contributed by atoms with Gasteiger partial charge in [-0.25, -0.2) is 0 Å². The molecule has 0 aliphatic rings. The molecule has 1 aromatic carbocycles. The fourth-order valence-corrected chi connectivity index (χ4v) is 1.76. The van der Waals surface area contributed by atoms with Gasteiger partial charge in [0.1, 0.15) is 5.75 Å². The average molecular weight is 289 g/mol. The van der Waals surface area contributed by atoms with Crippen LogP contribution in [0, 0.1) is 6.92 Å². The molecule has 2 nitrogen and oxygen atoms in total. The van der Waals surface area contributed by atoms with Crippen LogP contribution in [0.1, 0.15) is 37.8 Å². The molecule has 0 radical (unpaired) electrons. The summed E-state index contributed by atoms with van der Waals surface area (Å²) in [4.78, 5) is 0.